The average molecular weight is 350 g/mol. The van der Waals surface area contributed by atoms with E-state index in [9.17, 15) is 0 Å². The second-order valence-corrected chi connectivity index (χ2v) is 5.42. The molecule has 112 valence electrons. The molecular formula is C17H20BrNO2. The highest BCUT2D eigenvalue weighted by Gasteiger charge is 2.06. The monoisotopic (exact) mass is 349 g/mol. The van der Waals surface area contributed by atoms with Gasteiger partial charge in [-0.15, -0.1) is 0 Å². The van der Waals surface area contributed by atoms with E-state index in [4.69, 9.17) is 9.47 Å². The lowest BCUT2D eigenvalue weighted by atomic mass is 10.2. The Balaban J connectivity index is 2.14. The van der Waals surface area contributed by atoms with Crippen LogP contribution in [0.25, 0.3) is 0 Å². The number of rotatable bonds is 7. The van der Waals surface area contributed by atoms with Crippen LogP contribution in [-0.2, 0) is 6.54 Å². The molecule has 0 aliphatic rings. The number of nitrogens with one attached hydrogen (secondary N) is 1. The number of ether oxygens (including phenoxy) is 2. The van der Waals surface area contributed by atoms with Crippen LogP contribution in [0, 0.1) is 0 Å². The number of halogens is 1. The van der Waals surface area contributed by atoms with Crippen molar-refractivity contribution in [3.05, 3.63) is 52.5 Å². The zero-order valence-electron chi connectivity index (χ0n) is 12.4. The van der Waals surface area contributed by atoms with Crippen molar-refractivity contribution in [3.63, 3.8) is 0 Å². The first-order valence-corrected chi connectivity index (χ1v) is 7.90. The van der Waals surface area contributed by atoms with Crippen molar-refractivity contribution in [2.75, 3.05) is 18.5 Å². The van der Waals surface area contributed by atoms with Crippen LogP contribution < -0.4 is 14.8 Å². The molecule has 0 spiro atoms. The van der Waals surface area contributed by atoms with Gasteiger partial charge < -0.3 is 14.8 Å². The largest absolute Gasteiger partial charge is 0.494 e. The molecule has 2 aromatic carbocycles. The van der Waals surface area contributed by atoms with E-state index < -0.39 is 0 Å². The summed E-state index contributed by atoms with van der Waals surface area (Å²) in [5, 5.41) is 3.41. The standard InChI is InChI=1S/C17H20BrNO2/c1-3-20-15-8-9-17(21-4-2)16(11-15)19-12-13-6-5-7-14(18)10-13/h5-11,19H,3-4,12H2,1-2H3. The van der Waals surface area contributed by atoms with Gasteiger partial charge in [-0.25, -0.2) is 0 Å². The summed E-state index contributed by atoms with van der Waals surface area (Å²) in [4.78, 5) is 0. The second kappa shape index (κ2) is 7.93. The van der Waals surface area contributed by atoms with E-state index in [1.165, 1.54) is 5.56 Å². The highest BCUT2D eigenvalue weighted by Crippen LogP contribution is 2.30. The van der Waals surface area contributed by atoms with Crippen LogP contribution in [0.4, 0.5) is 5.69 Å². The predicted molar refractivity (Wildman–Crippen MR) is 90.2 cm³/mol. The summed E-state index contributed by atoms with van der Waals surface area (Å²) in [6.45, 7) is 5.98. The van der Waals surface area contributed by atoms with Gasteiger partial charge in [-0.1, -0.05) is 28.1 Å². The van der Waals surface area contributed by atoms with Gasteiger partial charge in [0.2, 0.25) is 0 Å². The Labute approximate surface area is 134 Å². The van der Waals surface area contributed by atoms with E-state index in [1.807, 2.05) is 44.2 Å². The van der Waals surface area contributed by atoms with Crippen molar-refractivity contribution in [1.82, 2.24) is 0 Å². The molecule has 0 aliphatic carbocycles. The normalized spacial score (nSPS) is 10.2. The van der Waals surface area contributed by atoms with Gasteiger partial charge >= 0.3 is 0 Å². The van der Waals surface area contributed by atoms with E-state index >= 15 is 0 Å². The highest BCUT2D eigenvalue weighted by molar-refractivity contribution is 9.10. The maximum absolute atomic E-state index is 5.65. The summed E-state index contributed by atoms with van der Waals surface area (Å²) in [5.74, 6) is 1.69. The molecule has 0 aromatic heterocycles. The topological polar surface area (TPSA) is 30.5 Å². The smallest absolute Gasteiger partial charge is 0.142 e. The third-order valence-corrected chi connectivity index (χ3v) is 3.43. The predicted octanol–water partition coefficient (Wildman–Crippen LogP) is 4.86. The molecule has 0 unspecified atom stereocenters. The van der Waals surface area contributed by atoms with Crippen molar-refractivity contribution >= 4 is 21.6 Å². The summed E-state index contributed by atoms with van der Waals surface area (Å²) in [6.07, 6.45) is 0. The van der Waals surface area contributed by atoms with Crippen molar-refractivity contribution in [1.29, 1.82) is 0 Å². The lowest BCUT2D eigenvalue weighted by Gasteiger charge is -2.14. The van der Waals surface area contributed by atoms with Gasteiger partial charge in [0, 0.05) is 17.1 Å². The quantitative estimate of drug-likeness (QED) is 0.774. The molecule has 1 N–H and O–H groups in total. The molecule has 0 radical (unpaired) electrons. The van der Waals surface area contributed by atoms with Crippen molar-refractivity contribution in [3.8, 4) is 11.5 Å². The molecule has 0 saturated carbocycles. The van der Waals surface area contributed by atoms with Gasteiger partial charge in [0.1, 0.15) is 11.5 Å². The molecule has 2 rings (SSSR count). The van der Waals surface area contributed by atoms with Gasteiger partial charge in [-0.2, -0.15) is 0 Å². The molecule has 2 aromatic rings. The van der Waals surface area contributed by atoms with Crippen LogP contribution in [0.5, 0.6) is 11.5 Å². The van der Waals surface area contributed by atoms with Crippen LogP contribution in [0.3, 0.4) is 0 Å². The lowest BCUT2D eigenvalue weighted by Crippen LogP contribution is -2.03. The minimum absolute atomic E-state index is 0.638. The van der Waals surface area contributed by atoms with E-state index in [0.717, 1.165) is 28.2 Å². The van der Waals surface area contributed by atoms with E-state index in [2.05, 4.69) is 33.4 Å². The third-order valence-electron chi connectivity index (χ3n) is 2.93. The Hall–Kier alpha value is -1.68. The maximum atomic E-state index is 5.65. The van der Waals surface area contributed by atoms with E-state index in [-0.39, 0.29) is 0 Å². The number of anilines is 1. The molecule has 0 amide bonds. The third kappa shape index (κ3) is 4.67. The van der Waals surface area contributed by atoms with Crippen LogP contribution in [0.2, 0.25) is 0 Å². The summed E-state index contributed by atoms with van der Waals surface area (Å²) in [7, 11) is 0. The van der Waals surface area contributed by atoms with Crippen molar-refractivity contribution in [2.24, 2.45) is 0 Å². The van der Waals surface area contributed by atoms with Crippen LogP contribution in [0.1, 0.15) is 19.4 Å². The Morgan fingerprint density at radius 3 is 2.52 bits per heavy atom. The van der Waals surface area contributed by atoms with Crippen molar-refractivity contribution < 1.29 is 9.47 Å². The maximum Gasteiger partial charge on any atom is 0.142 e. The molecule has 4 heteroatoms. The molecule has 0 fully saturated rings. The first kappa shape index (κ1) is 15.7. The Bertz CT molecular complexity index is 587. The summed E-state index contributed by atoms with van der Waals surface area (Å²) < 4.78 is 12.3. The molecule has 0 bridgehead atoms. The minimum Gasteiger partial charge on any atom is -0.494 e. The Morgan fingerprint density at radius 2 is 1.81 bits per heavy atom. The zero-order chi connectivity index (χ0) is 15.1. The molecule has 21 heavy (non-hydrogen) atoms. The summed E-state index contributed by atoms with van der Waals surface area (Å²) in [5.41, 5.74) is 2.15. The molecule has 0 atom stereocenters. The Kier molecular flexibility index (Phi) is 5.93. The van der Waals surface area contributed by atoms with Crippen LogP contribution in [0.15, 0.2) is 46.9 Å². The van der Waals surface area contributed by atoms with Crippen molar-refractivity contribution in [2.45, 2.75) is 20.4 Å². The first-order valence-electron chi connectivity index (χ1n) is 7.11. The highest BCUT2D eigenvalue weighted by atomic mass is 79.9. The van der Waals surface area contributed by atoms with Gasteiger partial charge in [0.05, 0.1) is 18.9 Å². The number of hydrogen-bond acceptors (Lipinski definition) is 3. The lowest BCUT2D eigenvalue weighted by molar-refractivity contribution is 0.332. The van der Waals surface area contributed by atoms with Gasteiger partial charge in [0.25, 0.3) is 0 Å². The van der Waals surface area contributed by atoms with E-state index in [1.54, 1.807) is 0 Å². The summed E-state index contributed by atoms with van der Waals surface area (Å²) >= 11 is 3.49. The molecular weight excluding hydrogens is 330 g/mol. The molecule has 0 heterocycles. The van der Waals surface area contributed by atoms with Gasteiger partial charge in [-0.05, 0) is 43.7 Å². The Morgan fingerprint density at radius 1 is 1.00 bits per heavy atom. The summed E-state index contributed by atoms with van der Waals surface area (Å²) in [6, 6.07) is 14.1. The fourth-order valence-corrected chi connectivity index (χ4v) is 2.48. The zero-order valence-corrected chi connectivity index (χ0v) is 13.9. The van der Waals surface area contributed by atoms with Crippen LogP contribution in [-0.4, -0.2) is 13.2 Å². The van der Waals surface area contributed by atoms with E-state index in [0.29, 0.717) is 13.2 Å². The number of hydrogen-bond donors (Lipinski definition) is 1. The van der Waals surface area contributed by atoms with Gasteiger partial charge in [-0.3, -0.25) is 0 Å². The molecule has 0 aliphatic heterocycles. The fraction of sp³-hybridized carbons (Fsp3) is 0.294. The SMILES string of the molecule is CCOc1ccc(OCC)c(NCc2cccc(Br)c2)c1. The average Bonchev–Trinajstić information content (AvgIpc) is 2.48. The minimum atomic E-state index is 0.638. The number of benzene rings is 2. The second-order valence-electron chi connectivity index (χ2n) is 4.51. The van der Waals surface area contributed by atoms with Gasteiger partial charge in [0.15, 0.2) is 0 Å². The van der Waals surface area contributed by atoms with Crippen LogP contribution >= 0.6 is 15.9 Å². The molecule has 0 saturated heterocycles. The fourth-order valence-electron chi connectivity index (χ4n) is 2.03. The molecule has 3 nitrogen and oxygen atoms in total. The first-order chi connectivity index (χ1) is 10.2.